The van der Waals surface area contributed by atoms with Crippen molar-refractivity contribution in [2.45, 2.75) is 46.1 Å². The van der Waals surface area contributed by atoms with Crippen molar-refractivity contribution in [1.82, 2.24) is 4.98 Å². The zero-order valence-corrected chi connectivity index (χ0v) is 14.9. The summed E-state index contributed by atoms with van der Waals surface area (Å²) in [4.78, 5) is 18.4. The highest BCUT2D eigenvalue weighted by Gasteiger charge is 2.18. The number of rotatable bonds is 7. The lowest BCUT2D eigenvalue weighted by molar-refractivity contribution is -0.119. The van der Waals surface area contributed by atoms with E-state index in [4.69, 9.17) is 4.74 Å². The second-order valence-corrected chi connectivity index (χ2v) is 6.39. The molecule has 0 saturated carbocycles. The van der Waals surface area contributed by atoms with Gasteiger partial charge in [0.05, 0.1) is 24.9 Å². The Hall–Kier alpha value is -2.36. The number of carbonyl (C=O) groups is 1. The lowest BCUT2D eigenvalue weighted by Crippen LogP contribution is -2.37. The lowest BCUT2D eigenvalue weighted by Gasteiger charge is -2.26. The molecule has 1 amide bonds. The maximum atomic E-state index is 12.5. The van der Waals surface area contributed by atoms with Gasteiger partial charge in [0.25, 0.3) is 0 Å². The van der Waals surface area contributed by atoms with Crippen LogP contribution in [0.5, 0.6) is 5.75 Å². The molecule has 128 valence electrons. The van der Waals surface area contributed by atoms with Crippen LogP contribution in [0.2, 0.25) is 0 Å². The van der Waals surface area contributed by atoms with Crippen LogP contribution in [-0.2, 0) is 4.79 Å². The van der Waals surface area contributed by atoms with Crippen molar-refractivity contribution in [3.05, 3.63) is 54.4 Å². The molecular formula is C20H26N2O2. The van der Waals surface area contributed by atoms with E-state index < -0.39 is 0 Å². The molecule has 1 heterocycles. The van der Waals surface area contributed by atoms with Crippen molar-refractivity contribution in [3.8, 4) is 5.75 Å². The van der Waals surface area contributed by atoms with Crippen LogP contribution in [0.1, 0.15) is 45.6 Å². The Kier molecular flexibility index (Phi) is 6.36. The van der Waals surface area contributed by atoms with Crippen LogP contribution in [0, 0.1) is 0 Å². The van der Waals surface area contributed by atoms with Gasteiger partial charge < -0.3 is 9.64 Å². The molecule has 0 saturated heterocycles. The van der Waals surface area contributed by atoms with Crippen LogP contribution >= 0.6 is 0 Å². The Morgan fingerprint density at radius 1 is 1.12 bits per heavy atom. The summed E-state index contributed by atoms with van der Waals surface area (Å²) in [7, 11) is 0. The highest BCUT2D eigenvalue weighted by atomic mass is 16.5. The van der Waals surface area contributed by atoms with Gasteiger partial charge in [-0.3, -0.25) is 9.78 Å². The summed E-state index contributed by atoms with van der Waals surface area (Å²) in [5, 5.41) is 0. The third-order valence-corrected chi connectivity index (χ3v) is 3.84. The minimum absolute atomic E-state index is 0.0387. The molecule has 4 heteroatoms. The molecule has 0 bridgehead atoms. The molecule has 0 unspecified atom stereocenters. The molecule has 0 aliphatic carbocycles. The van der Waals surface area contributed by atoms with E-state index in [-0.39, 0.29) is 11.9 Å². The number of benzene rings is 1. The van der Waals surface area contributed by atoms with Gasteiger partial charge >= 0.3 is 0 Å². The summed E-state index contributed by atoms with van der Waals surface area (Å²) in [6.45, 7) is 8.68. The van der Waals surface area contributed by atoms with Gasteiger partial charge in [-0.2, -0.15) is 0 Å². The molecule has 0 N–H and O–H groups in total. The first kappa shape index (κ1) is 18.0. The molecule has 0 radical (unpaired) electrons. The third kappa shape index (κ3) is 4.82. The van der Waals surface area contributed by atoms with Crippen LogP contribution in [0.15, 0.2) is 48.8 Å². The molecule has 0 aliphatic heterocycles. The summed E-state index contributed by atoms with van der Waals surface area (Å²) in [5.74, 6) is 1.33. The van der Waals surface area contributed by atoms with E-state index in [1.165, 1.54) is 5.56 Å². The highest BCUT2D eigenvalue weighted by molar-refractivity contribution is 5.93. The Balaban J connectivity index is 1.91. The fraction of sp³-hybridized carbons (Fsp3) is 0.400. The topological polar surface area (TPSA) is 42.4 Å². The minimum atomic E-state index is 0.0387. The molecule has 2 rings (SSSR count). The van der Waals surface area contributed by atoms with E-state index in [0.29, 0.717) is 18.9 Å². The van der Waals surface area contributed by atoms with Crippen molar-refractivity contribution >= 4 is 11.6 Å². The molecule has 0 atom stereocenters. The molecule has 4 nitrogen and oxygen atoms in total. The third-order valence-electron chi connectivity index (χ3n) is 3.84. The normalized spacial score (nSPS) is 10.9. The van der Waals surface area contributed by atoms with Gasteiger partial charge in [0, 0.05) is 12.2 Å². The van der Waals surface area contributed by atoms with Crippen LogP contribution in [0.3, 0.4) is 0 Å². The van der Waals surface area contributed by atoms with Gasteiger partial charge in [-0.15, -0.1) is 0 Å². The summed E-state index contributed by atoms with van der Waals surface area (Å²) in [5.41, 5.74) is 2.10. The summed E-state index contributed by atoms with van der Waals surface area (Å²) < 4.78 is 5.71. The van der Waals surface area contributed by atoms with E-state index in [1.807, 2.05) is 38.1 Å². The molecule has 24 heavy (non-hydrogen) atoms. The summed E-state index contributed by atoms with van der Waals surface area (Å²) in [6.07, 6.45) is 3.75. The first-order valence-corrected chi connectivity index (χ1v) is 8.44. The van der Waals surface area contributed by atoms with Crippen molar-refractivity contribution in [1.29, 1.82) is 0 Å². The average Bonchev–Trinajstić information content (AvgIpc) is 2.56. The molecule has 2 aromatic rings. The highest BCUT2D eigenvalue weighted by Crippen LogP contribution is 2.19. The Morgan fingerprint density at radius 3 is 2.38 bits per heavy atom. The SMILES string of the molecule is CC(C)c1ccc(OCCC(=O)N(c2cccnc2)C(C)C)cc1. The van der Waals surface area contributed by atoms with Crippen LogP contribution in [0.4, 0.5) is 5.69 Å². The van der Waals surface area contributed by atoms with Gasteiger partial charge in [0.1, 0.15) is 5.75 Å². The first-order chi connectivity index (χ1) is 11.5. The second-order valence-electron chi connectivity index (χ2n) is 6.39. The predicted molar refractivity (Wildman–Crippen MR) is 97.5 cm³/mol. The fourth-order valence-corrected chi connectivity index (χ4v) is 2.55. The summed E-state index contributed by atoms with van der Waals surface area (Å²) in [6, 6.07) is 11.9. The van der Waals surface area contributed by atoms with E-state index in [2.05, 4.69) is 31.0 Å². The first-order valence-electron chi connectivity index (χ1n) is 8.44. The number of nitrogens with zero attached hydrogens (tertiary/aromatic N) is 2. The van der Waals surface area contributed by atoms with Gasteiger partial charge in [-0.25, -0.2) is 0 Å². The smallest absolute Gasteiger partial charge is 0.230 e. The van der Waals surface area contributed by atoms with E-state index in [9.17, 15) is 4.79 Å². The number of pyridine rings is 1. The van der Waals surface area contributed by atoms with Gasteiger partial charge in [0.2, 0.25) is 5.91 Å². The number of aromatic nitrogens is 1. The average molecular weight is 326 g/mol. The molecule has 1 aromatic carbocycles. The lowest BCUT2D eigenvalue weighted by atomic mass is 10.0. The quantitative estimate of drug-likeness (QED) is 0.756. The molecule has 1 aromatic heterocycles. The number of ether oxygens (including phenoxy) is 1. The number of carbonyl (C=O) groups excluding carboxylic acids is 1. The van der Waals surface area contributed by atoms with Crippen molar-refractivity contribution in [2.24, 2.45) is 0 Å². The zero-order valence-electron chi connectivity index (χ0n) is 14.9. The number of anilines is 1. The van der Waals surface area contributed by atoms with E-state index in [0.717, 1.165) is 11.4 Å². The molecule has 0 spiro atoms. The maximum Gasteiger partial charge on any atom is 0.230 e. The van der Waals surface area contributed by atoms with Crippen molar-refractivity contribution < 1.29 is 9.53 Å². The standard InChI is InChI=1S/C20H26N2O2/c1-15(2)17-7-9-19(10-8-17)24-13-11-20(23)22(16(3)4)18-6-5-12-21-14-18/h5-10,12,14-16H,11,13H2,1-4H3. The molecular weight excluding hydrogens is 300 g/mol. The van der Waals surface area contributed by atoms with Crippen molar-refractivity contribution in [3.63, 3.8) is 0 Å². The molecule has 0 fully saturated rings. The second kappa shape index (κ2) is 8.48. The Labute approximate surface area is 144 Å². The Morgan fingerprint density at radius 2 is 1.83 bits per heavy atom. The largest absolute Gasteiger partial charge is 0.493 e. The monoisotopic (exact) mass is 326 g/mol. The minimum Gasteiger partial charge on any atom is -0.493 e. The van der Waals surface area contributed by atoms with Crippen molar-refractivity contribution in [2.75, 3.05) is 11.5 Å². The van der Waals surface area contributed by atoms with Crippen LogP contribution in [0.25, 0.3) is 0 Å². The van der Waals surface area contributed by atoms with Gasteiger partial charge in [0.15, 0.2) is 0 Å². The summed E-state index contributed by atoms with van der Waals surface area (Å²) >= 11 is 0. The molecule has 0 aliphatic rings. The number of amides is 1. The van der Waals surface area contributed by atoms with Crippen LogP contribution in [-0.4, -0.2) is 23.5 Å². The zero-order chi connectivity index (χ0) is 17.5. The predicted octanol–water partition coefficient (Wildman–Crippen LogP) is 4.42. The van der Waals surface area contributed by atoms with Gasteiger partial charge in [-0.1, -0.05) is 26.0 Å². The number of hydrogen-bond acceptors (Lipinski definition) is 3. The number of hydrogen-bond donors (Lipinski definition) is 0. The maximum absolute atomic E-state index is 12.5. The van der Waals surface area contributed by atoms with Gasteiger partial charge in [-0.05, 0) is 49.6 Å². The van der Waals surface area contributed by atoms with Crippen LogP contribution < -0.4 is 9.64 Å². The Bertz CT molecular complexity index is 636. The fourth-order valence-electron chi connectivity index (χ4n) is 2.55. The van der Waals surface area contributed by atoms with E-state index in [1.54, 1.807) is 17.3 Å². The van der Waals surface area contributed by atoms with E-state index >= 15 is 0 Å².